The number of alkyl halides is 1. The molecule has 0 aliphatic rings. The summed E-state index contributed by atoms with van der Waals surface area (Å²) in [6, 6.07) is 5.90. The van der Waals surface area contributed by atoms with Crippen LogP contribution in [-0.2, 0) is 12.9 Å². The molecule has 0 amide bonds. The van der Waals surface area contributed by atoms with Crippen LogP contribution in [0.1, 0.15) is 5.56 Å². The number of fused-ring (bicyclic) bond motifs is 1. The highest BCUT2D eigenvalue weighted by atomic mass is 35.5. The molecular weight excluding hydrogens is 174 g/mol. The average molecular weight is 182 g/mol. The summed E-state index contributed by atoms with van der Waals surface area (Å²) in [7, 11) is 1.87. The van der Waals surface area contributed by atoms with Crippen LogP contribution < -0.4 is 0 Å². The van der Waals surface area contributed by atoms with Crippen LogP contribution in [0.25, 0.3) is 11.0 Å². The fourth-order valence-corrected chi connectivity index (χ4v) is 1.44. The molecule has 1 aromatic carbocycles. The molecule has 2 aromatic rings. The molecule has 0 unspecified atom stereocenters. The zero-order valence-electron chi connectivity index (χ0n) is 6.66. The summed E-state index contributed by atoms with van der Waals surface area (Å²) in [5, 5.41) is 7.93. The Kier molecular flexibility index (Phi) is 1.73. The molecule has 0 aliphatic heterocycles. The third-order valence-corrected chi connectivity index (χ3v) is 2.16. The van der Waals surface area contributed by atoms with Crippen LogP contribution in [0.15, 0.2) is 18.2 Å². The van der Waals surface area contributed by atoms with E-state index in [0.717, 1.165) is 16.6 Å². The van der Waals surface area contributed by atoms with Gasteiger partial charge in [0.1, 0.15) is 5.52 Å². The molecule has 0 aliphatic carbocycles. The molecule has 0 bridgehead atoms. The third kappa shape index (κ3) is 0.975. The highest BCUT2D eigenvalue weighted by Gasteiger charge is 2.04. The number of benzene rings is 1. The maximum atomic E-state index is 5.74. The van der Waals surface area contributed by atoms with E-state index < -0.39 is 0 Å². The molecule has 3 nitrogen and oxygen atoms in total. The minimum absolute atomic E-state index is 0.482. The van der Waals surface area contributed by atoms with Crippen molar-refractivity contribution in [3.8, 4) is 0 Å². The summed E-state index contributed by atoms with van der Waals surface area (Å²) in [5.41, 5.74) is 2.95. The largest absolute Gasteiger partial charge is 0.248 e. The Morgan fingerprint density at radius 1 is 1.50 bits per heavy atom. The number of halogens is 1. The number of hydrogen-bond donors (Lipinski definition) is 0. The van der Waals surface area contributed by atoms with Crippen LogP contribution in [0.3, 0.4) is 0 Å². The van der Waals surface area contributed by atoms with Crippen molar-refractivity contribution in [2.24, 2.45) is 7.05 Å². The van der Waals surface area contributed by atoms with Crippen LogP contribution in [0, 0.1) is 0 Å². The molecule has 0 spiro atoms. The van der Waals surface area contributed by atoms with Crippen LogP contribution in [0.4, 0.5) is 0 Å². The van der Waals surface area contributed by atoms with Crippen molar-refractivity contribution < 1.29 is 0 Å². The smallest absolute Gasteiger partial charge is 0.117 e. The van der Waals surface area contributed by atoms with Crippen molar-refractivity contribution in [2.45, 2.75) is 5.88 Å². The second-order valence-corrected chi connectivity index (χ2v) is 2.90. The number of nitrogens with zero attached hydrogens (tertiary/aromatic N) is 3. The standard InChI is InChI=1S/C8H8ClN3/c1-12-7-4-2-3-6(5-9)8(7)10-11-12/h2-4H,5H2,1H3. The zero-order chi connectivity index (χ0) is 8.55. The Bertz CT molecular complexity index is 408. The van der Waals surface area contributed by atoms with E-state index in [1.54, 1.807) is 4.68 Å². The molecule has 0 atom stereocenters. The summed E-state index contributed by atoms with van der Waals surface area (Å²) >= 11 is 5.74. The number of hydrogen-bond acceptors (Lipinski definition) is 2. The highest BCUT2D eigenvalue weighted by molar-refractivity contribution is 6.17. The molecule has 0 N–H and O–H groups in total. The Hall–Kier alpha value is -1.09. The minimum atomic E-state index is 0.482. The van der Waals surface area contributed by atoms with Crippen molar-refractivity contribution in [3.05, 3.63) is 23.8 Å². The van der Waals surface area contributed by atoms with Crippen LogP contribution >= 0.6 is 11.6 Å². The number of aryl methyl sites for hydroxylation is 1. The van der Waals surface area contributed by atoms with Crippen LogP contribution in [0.2, 0.25) is 0 Å². The monoisotopic (exact) mass is 181 g/mol. The van der Waals surface area contributed by atoms with E-state index >= 15 is 0 Å². The lowest BCUT2D eigenvalue weighted by Crippen LogP contribution is -1.88. The van der Waals surface area contributed by atoms with E-state index in [1.807, 2.05) is 25.2 Å². The van der Waals surface area contributed by atoms with Gasteiger partial charge in [-0.05, 0) is 11.6 Å². The summed E-state index contributed by atoms with van der Waals surface area (Å²) in [5.74, 6) is 0.482. The summed E-state index contributed by atoms with van der Waals surface area (Å²) in [6.45, 7) is 0. The predicted octanol–water partition coefficient (Wildman–Crippen LogP) is 1.71. The van der Waals surface area contributed by atoms with Gasteiger partial charge in [-0.1, -0.05) is 17.3 Å². The fourth-order valence-electron chi connectivity index (χ4n) is 1.22. The lowest BCUT2D eigenvalue weighted by molar-refractivity contribution is 0.736. The predicted molar refractivity (Wildman–Crippen MR) is 48.1 cm³/mol. The van der Waals surface area contributed by atoms with Crippen LogP contribution in [0.5, 0.6) is 0 Å². The van der Waals surface area contributed by atoms with Gasteiger partial charge in [0.15, 0.2) is 0 Å². The van der Waals surface area contributed by atoms with Gasteiger partial charge < -0.3 is 0 Å². The van der Waals surface area contributed by atoms with Crippen molar-refractivity contribution in [1.82, 2.24) is 15.0 Å². The molecule has 0 saturated heterocycles. The Morgan fingerprint density at radius 2 is 2.33 bits per heavy atom. The molecule has 2 rings (SSSR count). The van der Waals surface area contributed by atoms with Gasteiger partial charge in [0, 0.05) is 12.9 Å². The fraction of sp³-hybridized carbons (Fsp3) is 0.250. The van der Waals surface area contributed by atoms with E-state index in [2.05, 4.69) is 10.3 Å². The molecule has 0 saturated carbocycles. The maximum absolute atomic E-state index is 5.74. The van der Waals surface area contributed by atoms with Crippen molar-refractivity contribution in [2.75, 3.05) is 0 Å². The summed E-state index contributed by atoms with van der Waals surface area (Å²) in [4.78, 5) is 0. The lowest BCUT2D eigenvalue weighted by Gasteiger charge is -1.95. The van der Waals surface area contributed by atoms with Gasteiger partial charge in [-0.3, -0.25) is 0 Å². The van der Waals surface area contributed by atoms with Crippen molar-refractivity contribution in [3.63, 3.8) is 0 Å². The van der Waals surface area contributed by atoms with Gasteiger partial charge in [0.2, 0.25) is 0 Å². The van der Waals surface area contributed by atoms with E-state index in [0.29, 0.717) is 5.88 Å². The second-order valence-electron chi connectivity index (χ2n) is 2.63. The first-order chi connectivity index (χ1) is 5.83. The van der Waals surface area contributed by atoms with Gasteiger partial charge >= 0.3 is 0 Å². The van der Waals surface area contributed by atoms with E-state index in [9.17, 15) is 0 Å². The van der Waals surface area contributed by atoms with Crippen molar-refractivity contribution >= 4 is 22.6 Å². The van der Waals surface area contributed by atoms with Gasteiger partial charge in [-0.2, -0.15) is 0 Å². The van der Waals surface area contributed by atoms with E-state index in [-0.39, 0.29) is 0 Å². The second kappa shape index (κ2) is 2.75. The van der Waals surface area contributed by atoms with E-state index in [1.165, 1.54) is 0 Å². The summed E-state index contributed by atoms with van der Waals surface area (Å²) < 4.78 is 1.74. The molecule has 12 heavy (non-hydrogen) atoms. The molecule has 1 heterocycles. The molecular formula is C8H8ClN3. The number of rotatable bonds is 1. The van der Waals surface area contributed by atoms with Gasteiger partial charge in [0.05, 0.1) is 5.52 Å². The summed E-state index contributed by atoms with van der Waals surface area (Å²) in [6.07, 6.45) is 0. The lowest BCUT2D eigenvalue weighted by atomic mass is 10.2. The Balaban J connectivity index is 2.81. The normalized spacial score (nSPS) is 10.8. The topological polar surface area (TPSA) is 30.7 Å². The SMILES string of the molecule is Cn1nnc2c(CCl)cccc21. The van der Waals surface area contributed by atoms with Gasteiger partial charge in [-0.25, -0.2) is 4.68 Å². The first kappa shape index (κ1) is 7.55. The molecule has 62 valence electrons. The zero-order valence-corrected chi connectivity index (χ0v) is 7.41. The molecule has 0 fully saturated rings. The highest BCUT2D eigenvalue weighted by Crippen LogP contribution is 2.16. The Morgan fingerprint density at radius 3 is 3.08 bits per heavy atom. The number of aromatic nitrogens is 3. The molecule has 1 aromatic heterocycles. The van der Waals surface area contributed by atoms with Gasteiger partial charge in [-0.15, -0.1) is 16.7 Å². The Labute approximate surface area is 74.9 Å². The van der Waals surface area contributed by atoms with Crippen molar-refractivity contribution in [1.29, 1.82) is 0 Å². The quantitative estimate of drug-likeness (QED) is 0.627. The molecule has 0 radical (unpaired) electrons. The maximum Gasteiger partial charge on any atom is 0.117 e. The van der Waals surface area contributed by atoms with Gasteiger partial charge in [0.25, 0.3) is 0 Å². The minimum Gasteiger partial charge on any atom is -0.248 e. The first-order valence-corrected chi connectivity index (χ1v) is 4.19. The molecule has 4 heteroatoms. The first-order valence-electron chi connectivity index (χ1n) is 3.66. The average Bonchev–Trinajstić information content (AvgIpc) is 2.48. The van der Waals surface area contributed by atoms with Crippen LogP contribution in [-0.4, -0.2) is 15.0 Å². The third-order valence-electron chi connectivity index (χ3n) is 1.87. The van der Waals surface area contributed by atoms with E-state index in [4.69, 9.17) is 11.6 Å².